The van der Waals surface area contributed by atoms with E-state index in [0.29, 0.717) is 43.8 Å². The third-order valence-electron chi connectivity index (χ3n) is 4.37. The first-order valence-electron chi connectivity index (χ1n) is 7.68. The lowest BCUT2D eigenvalue weighted by Crippen LogP contribution is -2.50. The summed E-state index contributed by atoms with van der Waals surface area (Å²) in [7, 11) is 3.29. The van der Waals surface area contributed by atoms with Gasteiger partial charge in [-0.3, -0.25) is 9.59 Å². The zero-order chi connectivity index (χ0) is 16.9. The van der Waals surface area contributed by atoms with Gasteiger partial charge in [-0.1, -0.05) is 0 Å². The van der Waals surface area contributed by atoms with E-state index in [4.69, 9.17) is 4.74 Å². The highest BCUT2D eigenvalue weighted by atomic mass is 16.5. The maximum atomic E-state index is 12.7. The van der Waals surface area contributed by atoms with Gasteiger partial charge in [0.1, 0.15) is 5.82 Å². The normalized spacial score (nSPS) is 21.0. The number of piperidine rings is 1. The first kappa shape index (κ1) is 17.2. The van der Waals surface area contributed by atoms with Gasteiger partial charge < -0.3 is 20.1 Å². The van der Waals surface area contributed by atoms with Crippen LogP contribution in [0.1, 0.15) is 29.6 Å². The molecule has 1 saturated heterocycles. The van der Waals surface area contributed by atoms with Gasteiger partial charge >= 0.3 is 5.97 Å². The van der Waals surface area contributed by atoms with Crippen LogP contribution in [0.25, 0.3) is 0 Å². The predicted octanol–water partition coefficient (Wildman–Crippen LogP) is 1.47. The third-order valence-corrected chi connectivity index (χ3v) is 4.37. The molecule has 2 heterocycles. The van der Waals surface area contributed by atoms with Crippen molar-refractivity contribution in [2.24, 2.45) is 5.41 Å². The molecule has 0 spiro atoms. The van der Waals surface area contributed by atoms with Crippen LogP contribution in [0.2, 0.25) is 0 Å². The SMILES string of the molecule is CNc1cc(C(=O)N2CCC[C@@](CCOC)(C(=O)O)C2)ccn1. The molecule has 2 rings (SSSR count). The van der Waals surface area contributed by atoms with Crippen molar-refractivity contribution in [1.29, 1.82) is 0 Å². The summed E-state index contributed by atoms with van der Waals surface area (Å²) in [6.07, 6.45) is 3.21. The van der Waals surface area contributed by atoms with Crippen molar-refractivity contribution in [3.8, 4) is 0 Å². The van der Waals surface area contributed by atoms with Crippen LogP contribution in [-0.2, 0) is 9.53 Å². The van der Waals surface area contributed by atoms with Gasteiger partial charge in [-0.2, -0.15) is 0 Å². The monoisotopic (exact) mass is 321 g/mol. The topological polar surface area (TPSA) is 91.8 Å². The summed E-state index contributed by atoms with van der Waals surface area (Å²) in [6.45, 7) is 1.15. The largest absolute Gasteiger partial charge is 0.481 e. The van der Waals surface area contributed by atoms with E-state index in [9.17, 15) is 14.7 Å². The maximum Gasteiger partial charge on any atom is 0.311 e. The second kappa shape index (κ2) is 7.41. The first-order chi connectivity index (χ1) is 11.0. The van der Waals surface area contributed by atoms with E-state index < -0.39 is 11.4 Å². The summed E-state index contributed by atoms with van der Waals surface area (Å²) in [6, 6.07) is 3.32. The number of nitrogens with one attached hydrogen (secondary N) is 1. The summed E-state index contributed by atoms with van der Waals surface area (Å²) >= 11 is 0. The number of hydrogen-bond acceptors (Lipinski definition) is 5. The fourth-order valence-electron chi connectivity index (χ4n) is 2.97. The quantitative estimate of drug-likeness (QED) is 0.824. The van der Waals surface area contributed by atoms with E-state index in [0.717, 1.165) is 0 Å². The van der Waals surface area contributed by atoms with Crippen LogP contribution in [0.3, 0.4) is 0 Å². The number of aliphatic carboxylic acids is 1. The Kier molecular flexibility index (Phi) is 5.54. The van der Waals surface area contributed by atoms with Crippen molar-refractivity contribution in [3.63, 3.8) is 0 Å². The van der Waals surface area contributed by atoms with Crippen LogP contribution in [0, 0.1) is 5.41 Å². The van der Waals surface area contributed by atoms with Crippen LogP contribution in [0.15, 0.2) is 18.3 Å². The molecule has 1 aliphatic heterocycles. The van der Waals surface area contributed by atoms with Gasteiger partial charge in [-0.05, 0) is 31.4 Å². The van der Waals surface area contributed by atoms with Gasteiger partial charge in [0.05, 0.1) is 5.41 Å². The number of carbonyl (C=O) groups is 2. The Morgan fingerprint density at radius 3 is 2.96 bits per heavy atom. The van der Waals surface area contributed by atoms with Crippen molar-refractivity contribution in [2.75, 3.05) is 39.2 Å². The molecule has 0 saturated carbocycles. The number of carboxylic acid groups (broad SMARTS) is 1. The molecule has 2 N–H and O–H groups in total. The molecule has 0 bridgehead atoms. The Balaban J connectivity index is 2.18. The first-order valence-corrected chi connectivity index (χ1v) is 7.68. The molecule has 7 heteroatoms. The molecule has 23 heavy (non-hydrogen) atoms. The lowest BCUT2D eigenvalue weighted by Gasteiger charge is -2.40. The molecule has 0 aromatic carbocycles. The molecular formula is C16H23N3O4. The fraction of sp³-hybridized carbons (Fsp3) is 0.562. The predicted molar refractivity (Wildman–Crippen MR) is 85.5 cm³/mol. The number of carbonyl (C=O) groups excluding carboxylic acids is 1. The van der Waals surface area contributed by atoms with Gasteiger partial charge in [0.15, 0.2) is 0 Å². The van der Waals surface area contributed by atoms with Gasteiger partial charge in [-0.15, -0.1) is 0 Å². The highest BCUT2D eigenvalue weighted by Gasteiger charge is 2.43. The number of nitrogens with zero attached hydrogens (tertiary/aromatic N) is 2. The second-order valence-electron chi connectivity index (χ2n) is 5.84. The number of anilines is 1. The smallest absolute Gasteiger partial charge is 0.311 e. The highest BCUT2D eigenvalue weighted by Crippen LogP contribution is 2.34. The molecule has 0 radical (unpaired) electrons. The van der Waals surface area contributed by atoms with Crippen molar-refractivity contribution in [2.45, 2.75) is 19.3 Å². The van der Waals surface area contributed by atoms with Crippen LogP contribution in [-0.4, -0.2) is 60.7 Å². The summed E-state index contributed by atoms with van der Waals surface area (Å²) in [4.78, 5) is 30.2. The number of rotatable bonds is 6. The van der Waals surface area contributed by atoms with Crippen molar-refractivity contribution < 1.29 is 19.4 Å². The Morgan fingerprint density at radius 1 is 1.52 bits per heavy atom. The van der Waals surface area contributed by atoms with Crippen LogP contribution in [0.5, 0.6) is 0 Å². The molecule has 1 fully saturated rings. The number of pyridine rings is 1. The van der Waals surface area contributed by atoms with Crippen molar-refractivity contribution in [3.05, 3.63) is 23.9 Å². The van der Waals surface area contributed by atoms with E-state index in [1.54, 1.807) is 37.4 Å². The maximum absolute atomic E-state index is 12.7. The summed E-state index contributed by atoms with van der Waals surface area (Å²) in [5.41, 5.74) is -0.416. The molecular weight excluding hydrogens is 298 g/mol. The van der Waals surface area contributed by atoms with Crippen LogP contribution >= 0.6 is 0 Å². The lowest BCUT2D eigenvalue weighted by molar-refractivity contribution is -0.153. The van der Waals surface area contributed by atoms with Gasteiger partial charge in [-0.25, -0.2) is 4.98 Å². The number of likely N-dealkylation sites (tertiary alicyclic amines) is 1. The molecule has 126 valence electrons. The summed E-state index contributed by atoms with van der Waals surface area (Å²) in [5.74, 6) is -0.416. The number of carboxylic acids is 1. The molecule has 1 aromatic rings. The zero-order valence-electron chi connectivity index (χ0n) is 13.5. The molecule has 1 amide bonds. The molecule has 0 aliphatic carbocycles. The molecule has 1 aliphatic rings. The van der Waals surface area contributed by atoms with E-state index in [1.807, 2.05) is 0 Å². The van der Waals surface area contributed by atoms with E-state index in [2.05, 4.69) is 10.3 Å². The average Bonchev–Trinajstić information content (AvgIpc) is 2.59. The van der Waals surface area contributed by atoms with E-state index in [-0.39, 0.29) is 12.5 Å². The third kappa shape index (κ3) is 3.79. The van der Waals surface area contributed by atoms with Crippen molar-refractivity contribution >= 4 is 17.7 Å². The Bertz CT molecular complexity index is 578. The second-order valence-corrected chi connectivity index (χ2v) is 5.84. The number of aromatic nitrogens is 1. The minimum absolute atomic E-state index is 0.161. The minimum atomic E-state index is -0.928. The Morgan fingerprint density at radius 2 is 2.30 bits per heavy atom. The molecule has 1 atom stereocenters. The lowest BCUT2D eigenvalue weighted by atomic mass is 9.77. The summed E-state index contributed by atoms with van der Waals surface area (Å²) < 4.78 is 5.05. The average molecular weight is 321 g/mol. The Hall–Kier alpha value is -2.15. The number of methoxy groups -OCH3 is 1. The summed E-state index contributed by atoms with van der Waals surface area (Å²) in [5, 5.41) is 12.5. The van der Waals surface area contributed by atoms with Gasteiger partial charge in [0.2, 0.25) is 0 Å². The van der Waals surface area contributed by atoms with Gasteiger partial charge in [0, 0.05) is 45.6 Å². The minimum Gasteiger partial charge on any atom is -0.481 e. The molecule has 1 aromatic heterocycles. The van der Waals surface area contributed by atoms with E-state index >= 15 is 0 Å². The molecule has 7 nitrogen and oxygen atoms in total. The molecule has 0 unspecified atom stereocenters. The van der Waals surface area contributed by atoms with Gasteiger partial charge in [0.25, 0.3) is 5.91 Å². The fourth-order valence-corrected chi connectivity index (χ4v) is 2.97. The number of ether oxygens (including phenoxy) is 1. The zero-order valence-corrected chi connectivity index (χ0v) is 13.5. The number of hydrogen-bond donors (Lipinski definition) is 2. The standard InChI is InChI=1S/C16H23N3O4/c1-17-13-10-12(4-7-18-13)14(20)19-8-3-5-16(11-19,15(21)22)6-9-23-2/h4,7,10H,3,5-6,8-9,11H2,1-2H3,(H,17,18)(H,21,22)/t16-/m0/s1. The van der Waals surface area contributed by atoms with Crippen LogP contribution in [0.4, 0.5) is 5.82 Å². The number of amides is 1. The Labute approximate surface area is 135 Å². The highest BCUT2D eigenvalue weighted by molar-refractivity contribution is 5.95. The van der Waals surface area contributed by atoms with Crippen molar-refractivity contribution in [1.82, 2.24) is 9.88 Å². The van der Waals surface area contributed by atoms with E-state index in [1.165, 1.54) is 0 Å². The van der Waals surface area contributed by atoms with Crippen LogP contribution < -0.4 is 5.32 Å².